The maximum Gasteiger partial charge on any atom is 0.241 e. The summed E-state index contributed by atoms with van der Waals surface area (Å²) in [5, 5.41) is 2.85. The lowest BCUT2D eigenvalue weighted by molar-refractivity contribution is -0.117. The molecule has 1 aromatic carbocycles. The van der Waals surface area contributed by atoms with Gasteiger partial charge in [-0.15, -0.1) is 0 Å². The number of rotatable bonds is 4. The molecule has 4 heteroatoms. The predicted octanol–water partition coefficient (Wildman–Crippen LogP) is 3.07. The molecule has 0 bridgehead atoms. The van der Waals surface area contributed by atoms with Crippen molar-refractivity contribution >= 4 is 27.5 Å². The molecule has 3 nitrogen and oxygen atoms in total. The fraction of sp³-hybridized carbons (Fsp3) is 0.462. The molecule has 0 heterocycles. The Kier molecular flexibility index (Phi) is 5.15. The molecule has 0 fully saturated rings. The Balaban J connectivity index is 2.71. The Morgan fingerprint density at radius 3 is 2.71 bits per heavy atom. The van der Waals surface area contributed by atoms with E-state index in [1.807, 2.05) is 25.1 Å². The van der Waals surface area contributed by atoms with Gasteiger partial charge in [0.05, 0.1) is 11.7 Å². The minimum atomic E-state index is -0.456. The largest absolute Gasteiger partial charge is 0.324 e. The first-order chi connectivity index (χ1) is 7.91. The lowest BCUT2D eigenvalue weighted by Crippen LogP contribution is -2.36. The Morgan fingerprint density at radius 2 is 2.12 bits per heavy atom. The van der Waals surface area contributed by atoms with Gasteiger partial charge in [0, 0.05) is 4.47 Å². The number of benzene rings is 1. The van der Waals surface area contributed by atoms with Gasteiger partial charge in [-0.1, -0.05) is 26.0 Å². The summed E-state index contributed by atoms with van der Waals surface area (Å²) in [6.07, 6.45) is 0.690. The van der Waals surface area contributed by atoms with Gasteiger partial charge in [0.15, 0.2) is 0 Å². The second kappa shape index (κ2) is 6.17. The quantitative estimate of drug-likeness (QED) is 0.897. The number of halogens is 1. The summed E-state index contributed by atoms with van der Waals surface area (Å²) in [6.45, 7) is 6.08. The number of amides is 1. The molecule has 0 spiro atoms. The van der Waals surface area contributed by atoms with Crippen LogP contribution < -0.4 is 11.1 Å². The highest BCUT2D eigenvalue weighted by Gasteiger charge is 2.16. The van der Waals surface area contributed by atoms with Crippen molar-refractivity contribution in [2.24, 2.45) is 11.7 Å². The van der Waals surface area contributed by atoms with Crippen LogP contribution in [0.15, 0.2) is 22.7 Å². The molecule has 0 aromatic heterocycles. The molecular formula is C13H19BrN2O. The number of carbonyl (C=O) groups excluding carboxylic acids is 1. The van der Waals surface area contributed by atoms with Crippen LogP contribution in [0.3, 0.4) is 0 Å². The van der Waals surface area contributed by atoms with E-state index in [9.17, 15) is 4.79 Å². The molecule has 3 N–H and O–H groups in total. The highest BCUT2D eigenvalue weighted by Crippen LogP contribution is 2.25. The smallest absolute Gasteiger partial charge is 0.241 e. The number of anilines is 1. The third-order valence-corrected chi connectivity index (χ3v) is 3.56. The Morgan fingerprint density at radius 1 is 1.47 bits per heavy atom. The number of aryl methyl sites for hydroxylation is 1. The van der Waals surface area contributed by atoms with Crippen LogP contribution in [0.4, 0.5) is 5.69 Å². The van der Waals surface area contributed by atoms with Gasteiger partial charge >= 0.3 is 0 Å². The minimum Gasteiger partial charge on any atom is -0.324 e. The average molecular weight is 299 g/mol. The first-order valence-corrected chi connectivity index (χ1v) is 6.52. The Labute approximate surface area is 111 Å². The van der Waals surface area contributed by atoms with E-state index in [4.69, 9.17) is 5.73 Å². The lowest BCUT2D eigenvalue weighted by atomic mass is 10.0. The summed E-state index contributed by atoms with van der Waals surface area (Å²) in [5.41, 5.74) is 7.68. The number of carbonyl (C=O) groups is 1. The van der Waals surface area contributed by atoms with E-state index in [2.05, 4.69) is 35.1 Å². The topological polar surface area (TPSA) is 55.1 Å². The summed E-state index contributed by atoms with van der Waals surface area (Å²) < 4.78 is 0.907. The normalized spacial score (nSPS) is 12.6. The second-order valence-electron chi connectivity index (χ2n) is 4.66. The lowest BCUT2D eigenvalue weighted by Gasteiger charge is -2.15. The van der Waals surface area contributed by atoms with Crippen molar-refractivity contribution in [1.29, 1.82) is 0 Å². The zero-order valence-corrected chi connectivity index (χ0v) is 12.0. The maximum atomic E-state index is 11.9. The van der Waals surface area contributed by atoms with Gasteiger partial charge in [-0.3, -0.25) is 4.79 Å². The molecule has 0 unspecified atom stereocenters. The number of hydrogen-bond acceptors (Lipinski definition) is 2. The van der Waals surface area contributed by atoms with E-state index in [0.717, 1.165) is 15.7 Å². The minimum absolute atomic E-state index is 0.134. The van der Waals surface area contributed by atoms with Gasteiger partial charge in [-0.25, -0.2) is 0 Å². The summed E-state index contributed by atoms with van der Waals surface area (Å²) in [6, 6.07) is 5.29. The number of nitrogens with two attached hydrogens (primary N) is 1. The van der Waals surface area contributed by atoms with Crippen LogP contribution in [-0.2, 0) is 4.79 Å². The summed E-state index contributed by atoms with van der Waals surface area (Å²) >= 11 is 3.45. The van der Waals surface area contributed by atoms with E-state index in [-0.39, 0.29) is 5.91 Å². The molecule has 0 aliphatic heterocycles. The molecule has 0 aliphatic rings. The van der Waals surface area contributed by atoms with Gasteiger partial charge < -0.3 is 11.1 Å². The molecule has 1 aromatic rings. The van der Waals surface area contributed by atoms with Gasteiger partial charge in [-0.2, -0.15) is 0 Å². The number of nitrogens with one attached hydrogen (secondary N) is 1. The first-order valence-electron chi connectivity index (χ1n) is 5.73. The van der Waals surface area contributed by atoms with E-state index >= 15 is 0 Å². The van der Waals surface area contributed by atoms with E-state index in [1.165, 1.54) is 0 Å². The van der Waals surface area contributed by atoms with Crippen molar-refractivity contribution in [2.75, 3.05) is 5.32 Å². The van der Waals surface area contributed by atoms with Gasteiger partial charge in [-0.05, 0) is 46.8 Å². The average Bonchev–Trinajstić information content (AvgIpc) is 2.23. The third-order valence-electron chi connectivity index (χ3n) is 2.51. The second-order valence-corrected chi connectivity index (χ2v) is 5.45. The summed E-state index contributed by atoms with van der Waals surface area (Å²) in [7, 11) is 0. The molecule has 94 valence electrons. The molecule has 0 aliphatic carbocycles. The summed E-state index contributed by atoms with van der Waals surface area (Å²) in [4.78, 5) is 11.9. The molecular weight excluding hydrogens is 280 g/mol. The van der Waals surface area contributed by atoms with Crippen molar-refractivity contribution in [3.8, 4) is 0 Å². The molecule has 1 amide bonds. The predicted molar refractivity (Wildman–Crippen MR) is 74.9 cm³/mol. The molecule has 1 rings (SSSR count). The molecule has 0 saturated carbocycles. The fourth-order valence-corrected chi connectivity index (χ4v) is 1.95. The van der Waals surface area contributed by atoms with Crippen LogP contribution in [0, 0.1) is 12.8 Å². The first kappa shape index (κ1) is 14.2. The van der Waals surface area contributed by atoms with E-state index in [1.54, 1.807) is 0 Å². The SMILES string of the molecule is Cc1cccc(NC(=O)[C@H](N)CC(C)C)c1Br. The van der Waals surface area contributed by atoms with Crippen LogP contribution in [0.5, 0.6) is 0 Å². The molecule has 0 radical (unpaired) electrons. The van der Waals surface area contributed by atoms with E-state index in [0.29, 0.717) is 12.3 Å². The van der Waals surface area contributed by atoms with Crippen LogP contribution in [0.1, 0.15) is 25.8 Å². The monoisotopic (exact) mass is 298 g/mol. The Hall–Kier alpha value is -0.870. The van der Waals surface area contributed by atoms with Crippen molar-refractivity contribution in [3.05, 3.63) is 28.2 Å². The number of hydrogen-bond donors (Lipinski definition) is 2. The highest BCUT2D eigenvalue weighted by molar-refractivity contribution is 9.10. The molecule has 0 saturated heterocycles. The van der Waals surface area contributed by atoms with E-state index < -0.39 is 6.04 Å². The van der Waals surface area contributed by atoms with Crippen LogP contribution in [-0.4, -0.2) is 11.9 Å². The van der Waals surface area contributed by atoms with Crippen molar-refractivity contribution < 1.29 is 4.79 Å². The fourth-order valence-electron chi connectivity index (χ4n) is 1.58. The van der Waals surface area contributed by atoms with Crippen molar-refractivity contribution in [2.45, 2.75) is 33.2 Å². The zero-order chi connectivity index (χ0) is 13.0. The third kappa shape index (κ3) is 4.13. The maximum absolute atomic E-state index is 11.9. The van der Waals surface area contributed by atoms with Gasteiger partial charge in [0.2, 0.25) is 5.91 Å². The van der Waals surface area contributed by atoms with Crippen LogP contribution in [0.2, 0.25) is 0 Å². The molecule has 17 heavy (non-hydrogen) atoms. The van der Waals surface area contributed by atoms with Crippen molar-refractivity contribution in [3.63, 3.8) is 0 Å². The van der Waals surface area contributed by atoms with Crippen LogP contribution >= 0.6 is 15.9 Å². The van der Waals surface area contributed by atoms with Gasteiger partial charge in [0.25, 0.3) is 0 Å². The Bertz CT molecular complexity index is 404. The molecule has 1 atom stereocenters. The highest BCUT2D eigenvalue weighted by atomic mass is 79.9. The zero-order valence-electron chi connectivity index (χ0n) is 10.5. The summed E-state index contributed by atoms with van der Waals surface area (Å²) in [5.74, 6) is 0.279. The van der Waals surface area contributed by atoms with Crippen LogP contribution in [0.25, 0.3) is 0 Å². The van der Waals surface area contributed by atoms with Gasteiger partial charge in [0.1, 0.15) is 0 Å². The standard InChI is InChI=1S/C13H19BrN2O/c1-8(2)7-10(15)13(17)16-11-6-4-5-9(3)12(11)14/h4-6,8,10H,7,15H2,1-3H3,(H,16,17)/t10-/m1/s1. The van der Waals surface area contributed by atoms with Crippen molar-refractivity contribution in [1.82, 2.24) is 0 Å².